The first-order valence-electron chi connectivity index (χ1n) is 9.62. The summed E-state index contributed by atoms with van der Waals surface area (Å²) in [5.74, 6) is 0.710. The number of aliphatic hydroxyl groups is 1. The van der Waals surface area contributed by atoms with Gasteiger partial charge in [0.05, 0.1) is 0 Å². The summed E-state index contributed by atoms with van der Waals surface area (Å²) in [5.41, 5.74) is -0.609. The van der Waals surface area contributed by atoms with Gasteiger partial charge in [-0.25, -0.2) is 18.1 Å². The Kier molecular flexibility index (Phi) is 6.24. The standard InChI is InChI=1S/C20H29N3O4S/c1-15(2)19-22-18(13-23(19)3)28(25,26)21-14-20(24,16-7-5-4-6-8-16)17-9-11-27-12-10-17/h4-8,13,15,17,21,24H,9-12,14H2,1-3H3/t20-/m0/s1. The summed E-state index contributed by atoms with van der Waals surface area (Å²) in [6.45, 7) is 4.93. The van der Waals surface area contributed by atoms with Crippen LogP contribution in [0.25, 0.3) is 0 Å². The van der Waals surface area contributed by atoms with Crippen LogP contribution in [-0.4, -0.2) is 42.8 Å². The number of aromatic nitrogens is 2. The van der Waals surface area contributed by atoms with Gasteiger partial charge in [0.15, 0.2) is 5.03 Å². The van der Waals surface area contributed by atoms with Gasteiger partial charge in [-0.1, -0.05) is 44.2 Å². The van der Waals surface area contributed by atoms with Gasteiger partial charge in [0, 0.05) is 38.9 Å². The number of nitrogens with zero attached hydrogens (tertiary/aromatic N) is 2. The highest BCUT2D eigenvalue weighted by Gasteiger charge is 2.40. The number of aryl methyl sites for hydroxylation is 1. The maximum atomic E-state index is 12.9. The van der Waals surface area contributed by atoms with Crippen LogP contribution in [0.5, 0.6) is 0 Å². The minimum atomic E-state index is -3.85. The molecule has 1 aliphatic rings. The summed E-state index contributed by atoms with van der Waals surface area (Å²) < 4.78 is 35.5. The highest BCUT2D eigenvalue weighted by molar-refractivity contribution is 7.89. The monoisotopic (exact) mass is 407 g/mol. The average Bonchev–Trinajstić information content (AvgIpc) is 3.10. The zero-order valence-corrected chi connectivity index (χ0v) is 17.4. The highest BCUT2D eigenvalue weighted by atomic mass is 32.2. The Labute approximate surface area is 166 Å². The molecule has 1 aliphatic heterocycles. The van der Waals surface area contributed by atoms with Crippen molar-refractivity contribution in [1.82, 2.24) is 14.3 Å². The van der Waals surface area contributed by atoms with Crippen molar-refractivity contribution in [2.24, 2.45) is 13.0 Å². The van der Waals surface area contributed by atoms with Crippen molar-refractivity contribution in [2.75, 3.05) is 19.8 Å². The first-order valence-corrected chi connectivity index (χ1v) is 11.1. The molecule has 7 nitrogen and oxygen atoms in total. The van der Waals surface area contributed by atoms with Crippen LogP contribution in [0.1, 0.15) is 44.0 Å². The molecule has 2 aromatic rings. The topological polar surface area (TPSA) is 93.5 Å². The van der Waals surface area contributed by atoms with Crippen LogP contribution in [0.2, 0.25) is 0 Å². The molecule has 0 saturated carbocycles. The first-order chi connectivity index (χ1) is 13.2. The molecule has 0 unspecified atom stereocenters. The summed E-state index contributed by atoms with van der Waals surface area (Å²) in [6, 6.07) is 9.24. The second-order valence-electron chi connectivity index (χ2n) is 7.70. The molecule has 0 radical (unpaired) electrons. The predicted molar refractivity (Wildman–Crippen MR) is 106 cm³/mol. The van der Waals surface area contributed by atoms with Crippen molar-refractivity contribution in [3.8, 4) is 0 Å². The molecular formula is C20H29N3O4S. The number of rotatable bonds is 7. The van der Waals surface area contributed by atoms with Crippen molar-refractivity contribution < 1.29 is 18.3 Å². The Morgan fingerprint density at radius 1 is 1.29 bits per heavy atom. The molecule has 154 valence electrons. The minimum absolute atomic E-state index is 0.0268. The van der Waals surface area contributed by atoms with Crippen LogP contribution in [0, 0.1) is 5.92 Å². The Bertz CT molecular complexity index is 889. The third-order valence-electron chi connectivity index (χ3n) is 5.38. The van der Waals surface area contributed by atoms with E-state index in [2.05, 4.69) is 9.71 Å². The summed E-state index contributed by atoms with van der Waals surface area (Å²) in [7, 11) is -2.07. The molecule has 0 amide bonds. The smallest absolute Gasteiger partial charge is 0.259 e. The van der Waals surface area contributed by atoms with E-state index >= 15 is 0 Å². The number of hydrogen-bond acceptors (Lipinski definition) is 5. The van der Waals surface area contributed by atoms with Gasteiger partial charge < -0.3 is 14.4 Å². The summed E-state index contributed by atoms with van der Waals surface area (Å²) in [6.07, 6.45) is 2.86. The number of ether oxygens (including phenoxy) is 1. The van der Waals surface area contributed by atoms with E-state index in [-0.39, 0.29) is 23.4 Å². The summed E-state index contributed by atoms with van der Waals surface area (Å²) >= 11 is 0. The number of benzene rings is 1. The van der Waals surface area contributed by atoms with Crippen molar-refractivity contribution in [1.29, 1.82) is 0 Å². The molecule has 0 spiro atoms. The molecule has 28 heavy (non-hydrogen) atoms. The third kappa shape index (κ3) is 4.30. The van der Waals surface area contributed by atoms with E-state index in [4.69, 9.17) is 4.74 Å². The van der Waals surface area contributed by atoms with E-state index in [0.717, 1.165) is 0 Å². The molecule has 3 rings (SSSR count). The van der Waals surface area contributed by atoms with Crippen molar-refractivity contribution in [3.63, 3.8) is 0 Å². The lowest BCUT2D eigenvalue weighted by Gasteiger charge is -2.39. The van der Waals surface area contributed by atoms with E-state index in [9.17, 15) is 13.5 Å². The fraction of sp³-hybridized carbons (Fsp3) is 0.550. The van der Waals surface area contributed by atoms with Gasteiger partial charge in [0.2, 0.25) is 0 Å². The zero-order valence-electron chi connectivity index (χ0n) is 16.6. The van der Waals surface area contributed by atoms with Crippen LogP contribution < -0.4 is 4.72 Å². The number of hydrogen-bond donors (Lipinski definition) is 2. The molecule has 2 N–H and O–H groups in total. The van der Waals surface area contributed by atoms with Crippen LogP contribution >= 0.6 is 0 Å². The van der Waals surface area contributed by atoms with Crippen molar-refractivity contribution in [2.45, 2.75) is 43.2 Å². The Morgan fingerprint density at radius 2 is 1.93 bits per heavy atom. The molecule has 0 bridgehead atoms. The Morgan fingerprint density at radius 3 is 2.50 bits per heavy atom. The Hall–Kier alpha value is -1.74. The quantitative estimate of drug-likeness (QED) is 0.733. The van der Waals surface area contributed by atoms with Crippen LogP contribution in [-0.2, 0) is 27.4 Å². The second kappa shape index (κ2) is 8.32. The van der Waals surface area contributed by atoms with Gasteiger partial charge in [-0.2, -0.15) is 0 Å². The fourth-order valence-corrected chi connectivity index (χ4v) is 4.85. The zero-order chi connectivity index (χ0) is 20.4. The lowest BCUT2D eigenvalue weighted by Crippen LogP contribution is -2.47. The first kappa shape index (κ1) is 21.0. The maximum Gasteiger partial charge on any atom is 0.259 e. The van der Waals surface area contributed by atoms with E-state index < -0.39 is 15.6 Å². The molecule has 1 saturated heterocycles. The van der Waals surface area contributed by atoms with E-state index in [1.165, 1.54) is 6.20 Å². The summed E-state index contributed by atoms with van der Waals surface area (Å²) in [5, 5.41) is 11.5. The number of sulfonamides is 1. The number of imidazole rings is 1. The van der Waals surface area contributed by atoms with Gasteiger partial charge in [-0.15, -0.1) is 0 Å². The largest absolute Gasteiger partial charge is 0.383 e. The van der Waals surface area contributed by atoms with Crippen LogP contribution in [0.15, 0.2) is 41.6 Å². The second-order valence-corrected chi connectivity index (χ2v) is 9.42. The Balaban J connectivity index is 1.86. The van der Waals surface area contributed by atoms with E-state index in [1.807, 2.05) is 44.2 Å². The summed E-state index contributed by atoms with van der Waals surface area (Å²) in [4.78, 5) is 4.28. The molecular weight excluding hydrogens is 378 g/mol. The third-order valence-corrected chi connectivity index (χ3v) is 6.66. The van der Waals surface area contributed by atoms with Gasteiger partial charge >= 0.3 is 0 Å². The molecule has 8 heteroatoms. The lowest BCUT2D eigenvalue weighted by atomic mass is 9.77. The molecule has 1 atom stereocenters. The fourth-order valence-electron chi connectivity index (χ4n) is 3.78. The molecule has 0 aliphatic carbocycles. The average molecular weight is 408 g/mol. The lowest BCUT2D eigenvalue weighted by molar-refractivity contribution is -0.0664. The van der Waals surface area contributed by atoms with Gasteiger partial charge in [-0.3, -0.25) is 0 Å². The SMILES string of the molecule is CC(C)c1nc(S(=O)(=O)NC[C@](O)(c2ccccc2)C2CCOCC2)cn1C. The van der Waals surface area contributed by atoms with Crippen LogP contribution in [0.3, 0.4) is 0 Å². The van der Waals surface area contributed by atoms with Gasteiger partial charge in [0.1, 0.15) is 11.4 Å². The van der Waals surface area contributed by atoms with Gasteiger partial charge in [0.25, 0.3) is 10.0 Å². The van der Waals surface area contributed by atoms with Crippen molar-refractivity contribution in [3.05, 3.63) is 47.9 Å². The molecule has 1 fully saturated rings. The van der Waals surface area contributed by atoms with E-state index in [0.29, 0.717) is 37.4 Å². The minimum Gasteiger partial charge on any atom is -0.383 e. The molecule has 2 heterocycles. The normalized spacial score (nSPS) is 18.3. The van der Waals surface area contributed by atoms with E-state index in [1.54, 1.807) is 11.6 Å². The highest BCUT2D eigenvalue weighted by Crippen LogP contribution is 2.36. The van der Waals surface area contributed by atoms with Crippen molar-refractivity contribution >= 4 is 10.0 Å². The molecule has 1 aromatic heterocycles. The molecule has 1 aromatic carbocycles. The van der Waals surface area contributed by atoms with Gasteiger partial charge in [-0.05, 0) is 24.3 Å². The predicted octanol–water partition coefficient (Wildman–Crippen LogP) is 2.14. The number of nitrogens with one attached hydrogen (secondary N) is 1. The maximum absolute atomic E-state index is 12.9. The van der Waals surface area contributed by atoms with Crippen LogP contribution in [0.4, 0.5) is 0 Å².